The first-order valence-electron chi connectivity index (χ1n) is 8.23. The van der Waals surface area contributed by atoms with Crippen LogP contribution in [0.25, 0.3) is 0 Å². The number of carbonyl (C=O) groups excluding carboxylic acids is 2. The summed E-state index contributed by atoms with van der Waals surface area (Å²) in [4.78, 5) is 26.1. The molecule has 0 aliphatic carbocycles. The van der Waals surface area contributed by atoms with Gasteiger partial charge in [0.15, 0.2) is 0 Å². The Hall–Kier alpha value is -2.04. The molecule has 0 bridgehead atoms. The Morgan fingerprint density at radius 3 is 2.65 bits per heavy atom. The second-order valence-corrected chi connectivity index (χ2v) is 5.55. The van der Waals surface area contributed by atoms with E-state index in [9.17, 15) is 9.59 Å². The molecule has 1 aromatic rings. The van der Waals surface area contributed by atoms with Gasteiger partial charge in [-0.3, -0.25) is 9.59 Å². The van der Waals surface area contributed by atoms with Crippen molar-refractivity contribution in [2.24, 2.45) is 0 Å². The summed E-state index contributed by atoms with van der Waals surface area (Å²) in [5.41, 5.74) is 0.944. The molecule has 0 aliphatic rings. The number of methoxy groups -OCH3 is 1. The monoisotopic (exact) mass is 320 g/mol. The summed E-state index contributed by atoms with van der Waals surface area (Å²) in [5.74, 6) is 0.598. The number of nitrogens with one attached hydrogen (secondary N) is 1. The van der Waals surface area contributed by atoms with Crippen LogP contribution in [0.4, 0.5) is 0 Å². The van der Waals surface area contributed by atoms with Crippen LogP contribution in [0.1, 0.15) is 45.6 Å². The number of nitrogens with zero attached hydrogens (tertiary/aromatic N) is 1. The Morgan fingerprint density at radius 1 is 1.30 bits per heavy atom. The number of benzene rings is 1. The van der Waals surface area contributed by atoms with Gasteiger partial charge >= 0.3 is 0 Å². The van der Waals surface area contributed by atoms with E-state index in [1.807, 2.05) is 31.2 Å². The van der Waals surface area contributed by atoms with Crippen LogP contribution in [-0.2, 0) is 16.1 Å². The number of rotatable bonds is 9. The fourth-order valence-electron chi connectivity index (χ4n) is 2.29. The van der Waals surface area contributed by atoms with Crippen LogP contribution in [0.3, 0.4) is 0 Å². The van der Waals surface area contributed by atoms with Crippen LogP contribution < -0.4 is 10.1 Å². The summed E-state index contributed by atoms with van der Waals surface area (Å²) < 4.78 is 5.21. The van der Waals surface area contributed by atoms with Crippen molar-refractivity contribution in [1.82, 2.24) is 10.2 Å². The first-order chi connectivity index (χ1) is 11.0. The molecule has 0 saturated heterocycles. The summed E-state index contributed by atoms with van der Waals surface area (Å²) in [5, 5.41) is 2.89. The molecule has 23 heavy (non-hydrogen) atoms. The summed E-state index contributed by atoms with van der Waals surface area (Å²) in [6.45, 7) is 6.70. The molecule has 0 heterocycles. The van der Waals surface area contributed by atoms with Crippen molar-refractivity contribution < 1.29 is 14.3 Å². The van der Waals surface area contributed by atoms with E-state index in [1.54, 1.807) is 18.9 Å². The van der Waals surface area contributed by atoms with Gasteiger partial charge in [0.05, 0.1) is 7.11 Å². The standard InChI is InChI=1S/C18H28N2O3/c1-5-7-11-19-18(22)14(3)20(17(21)6-2)13-15-9-8-10-16(12-15)23-4/h8-10,12,14H,5-7,11,13H2,1-4H3,(H,19,22)/t14-/m0/s1. The highest BCUT2D eigenvalue weighted by Gasteiger charge is 2.24. The van der Waals surface area contributed by atoms with E-state index < -0.39 is 6.04 Å². The van der Waals surface area contributed by atoms with Crippen molar-refractivity contribution in [3.05, 3.63) is 29.8 Å². The molecule has 5 heteroatoms. The third kappa shape index (κ3) is 5.93. The Balaban J connectivity index is 2.82. The van der Waals surface area contributed by atoms with Crippen LogP contribution in [0.15, 0.2) is 24.3 Å². The molecule has 1 N–H and O–H groups in total. The predicted molar refractivity (Wildman–Crippen MR) is 91.2 cm³/mol. The Labute approximate surface area is 139 Å². The number of unbranched alkanes of at least 4 members (excludes halogenated alkanes) is 1. The zero-order valence-electron chi connectivity index (χ0n) is 14.6. The van der Waals surface area contributed by atoms with Crippen molar-refractivity contribution >= 4 is 11.8 Å². The zero-order valence-corrected chi connectivity index (χ0v) is 14.6. The second kappa shape index (κ2) is 9.87. The fourth-order valence-corrected chi connectivity index (χ4v) is 2.29. The average molecular weight is 320 g/mol. The minimum absolute atomic E-state index is 0.0361. The third-order valence-electron chi connectivity index (χ3n) is 3.79. The fraction of sp³-hybridized carbons (Fsp3) is 0.556. The molecular weight excluding hydrogens is 292 g/mol. The zero-order chi connectivity index (χ0) is 17.2. The van der Waals surface area contributed by atoms with Gasteiger partial charge in [0.2, 0.25) is 11.8 Å². The Morgan fingerprint density at radius 2 is 2.04 bits per heavy atom. The molecule has 0 spiro atoms. The SMILES string of the molecule is CCCCNC(=O)[C@H](C)N(Cc1cccc(OC)c1)C(=O)CC. The number of ether oxygens (including phenoxy) is 1. The van der Waals surface area contributed by atoms with Crippen LogP contribution in [0.2, 0.25) is 0 Å². The van der Waals surface area contributed by atoms with Gasteiger partial charge in [0, 0.05) is 19.5 Å². The van der Waals surface area contributed by atoms with Gasteiger partial charge in [-0.05, 0) is 31.0 Å². The molecule has 1 atom stereocenters. The van der Waals surface area contributed by atoms with E-state index in [0.717, 1.165) is 24.2 Å². The van der Waals surface area contributed by atoms with Gasteiger partial charge in [0.1, 0.15) is 11.8 Å². The molecule has 0 radical (unpaired) electrons. The molecular formula is C18H28N2O3. The minimum Gasteiger partial charge on any atom is -0.497 e. The van der Waals surface area contributed by atoms with Crippen LogP contribution in [-0.4, -0.2) is 36.4 Å². The Kier molecular flexibility index (Phi) is 8.16. The average Bonchev–Trinajstić information content (AvgIpc) is 2.58. The van der Waals surface area contributed by atoms with Gasteiger partial charge in [-0.1, -0.05) is 32.4 Å². The Bertz CT molecular complexity index is 517. The van der Waals surface area contributed by atoms with Gasteiger partial charge in [-0.25, -0.2) is 0 Å². The maximum atomic E-state index is 12.3. The van der Waals surface area contributed by atoms with Crippen molar-refractivity contribution in [3.8, 4) is 5.75 Å². The lowest BCUT2D eigenvalue weighted by Crippen LogP contribution is -2.47. The third-order valence-corrected chi connectivity index (χ3v) is 3.79. The lowest BCUT2D eigenvalue weighted by atomic mass is 10.1. The molecule has 0 aromatic heterocycles. The van der Waals surface area contributed by atoms with Gasteiger partial charge in [0.25, 0.3) is 0 Å². The van der Waals surface area contributed by atoms with E-state index in [2.05, 4.69) is 12.2 Å². The number of hydrogen-bond acceptors (Lipinski definition) is 3. The van der Waals surface area contributed by atoms with Gasteiger partial charge < -0.3 is 15.0 Å². The van der Waals surface area contributed by atoms with E-state index in [-0.39, 0.29) is 11.8 Å². The highest BCUT2D eigenvalue weighted by molar-refractivity contribution is 5.87. The van der Waals surface area contributed by atoms with Crippen LogP contribution in [0.5, 0.6) is 5.75 Å². The van der Waals surface area contributed by atoms with Crippen molar-refractivity contribution in [3.63, 3.8) is 0 Å². The summed E-state index contributed by atoms with van der Waals surface area (Å²) in [7, 11) is 1.61. The van der Waals surface area contributed by atoms with E-state index >= 15 is 0 Å². The maximum absolute atomic E-state index is 12.3. The van der Waals surface area contributed by atoms with E-state index in [0.29, 0.717) is 19.5 Å². The molecule has 128 valence electrons. The normalized spacial score (nSPS) is 11.7. The molecule has 0 fully saturated rings. The van der Waals surface area contributed by atoms with Crippen molar-refractivity contribution in [2.75, 3.05) is 13.7 Å². The smallest absolute Gasteiger partial charge is 0.242 e. The van der Waals surface area contributed by atoms with Gasteiger partial charge in [-0.15, -0.1) is 0 Å². The number of hydrogen-bond donors (Lipinski definition) is 1. The lowest BCUT2D eigenvalue weighted by molar-refractivity contribution is -0.140. The first kappa shape index (κ1) is 19.0. The summed E-state index contributed by atoms with van der Waals surface area (Å²) >= 11 is 0. The van der Waals surface area contributed by atoms with Crippen LogP contribution in [0, 0.1) is 0 Å². The molecule has 0 saturated carbocycles. The maximum Gasteiger partial charge on any atom is 0.242 e. The summed E-state index contributed by atoms with van der Waals surface area (Å²) in [6, 6.07) is 7.06. The number of carbonyl (C=O) groups is 2. The van der Waals surface area contributed by atoms with E-state index in [4.69, 9.17) is 4.74 Å². The number of amides is 2. The summed E-state index contributed by atoms with van der Waals surface area (Å²) in [6.07, 6.45) is 2.34. The highest BCUT2D eigenvalue weighted by Crippen LogP contribution is 2.16. The molecule has 1 aromatic carbocycles. The van der Waals surface area contributed by atoms with Gasteiger partial charge in [-0.2, -0.15) is 0 Å². The minimum atomic E-state index is -0.495. The molecule has 0 aliphatic heterocycles. The molecule has 5 nitrogen and oxygen atoms in total. The molecule has 1 rings (SSSR count). The topological polar surface area (TPSA) is 58.6 Å². The second-order valence-electron chi connectivity index (χ2n) is 5.55. The quantitative estimate of drug-likeness (QED) is 0.712. The van der Waals surface area contributed by atoms with Crippen molar-refractivity contribution in [1.29, 1.82) is 0 Å². The van der Waals surface area contributed by atoms with E-state index in [1.165, 1.54) is 0 Å². The first-order valence-corrected chi connectivity index (χ1v) is 8.23. The highest BCUT2D eigenvalue weighted by atomic mass is 16.5. The lowest BCUT2D eigenvalue weighted by Gasteiger charge is -2.28. The van der Waals surface area contributed by atoms with Crippen molar-refractivity contribution in [2.45, 2.75) is 52.6 Å². The van der Waals surface area contributed by atoms with Crippen LogP contribution >= 0.6 is 0 Å². The largest absolute Gasteiger partial charge is 0.497 e. The molecule has 2 amide bonds. The molecule has 0 unspecified atom stereocenters. The predicted octanol–water partition coefficient (Wildman–Crippen LogP) is 2.74.